The van der Waals surface area contributed by atoms with E-state index in [-0.39, 0.29) is 24.8 Å². The summed E-state index contributed by atoms with van der Waals surface area (Å²) in [5, 5.41) is 6.21. The fraction of sp³-hybridized carbons (Fsp3) is 0.250. The molecule has 4 aromatic rings. The van der Waals surface area contributed by atoms with Gasteiger partial charge in [-0.05, 0) is 73.2 Å². The van der Waals surface area contributed by atoms with Gasteiger partial charge >= 0.3 is 0 Å². The van der Waals surface area contributed by atoms with E-state index >= 15 is 0 Å². The molecule has 0 aliphatic heterocycles. The van der Waals surface area contributed by atoms with Gasteiger partial charge in [-0.1, -0.05) is 36.4 Å². The van der Waals surface area contributed by atoms with E-state index in [1.165, 1.54) is 24.2 Å². The Morgan fingerprint density at radius 2 is 1.69 bits per heavy atom. The maximum absolute atomic E-state index is 12.4. The predicted molar refractivity (Wildman–Crippen MR) is 140 cm³/mol. The molecule has 0 spiro atoms. The molecule has 1 aromatic heterocycles. The van der Waals surface area contributed by atoms with Crippen molar-refractivity contribution in [3.63, 3.8) is 0 Å². The minimum atomic E-state index is -0.278. The summed E-state index contributed by atoms with van der Waals surface area (Å²) in [5.41, 5.74) is 3.80. The Kier molecular flexibility index (Phi) is 7.04. The number of carbonyl (C=O) groups excluding carboxylic acids is 2. The number of hydrogen-bond acceptors (Lipinski definition) is 5. The summed E-state index contributed by atoms with van der Waals surface area (Å²) in [6, 6.07) is 23.6. The molecule has 7 heteroatoms. The summed E-state index contributed by atoms with van der Waals surface area (Å²) in [6.07, 6.45) is 5.08. The van der Waals surface area contributed by atoms with Gasteiger partial charge in [0.05, 0.1) is 29.3 Å². The molecular weight excluding hydrogens is 458 g/mol. The van der Waals surface area contributed by atoms with E-state index in [1.807, 2.05) is 54.6 Å². The van der Waals surface area contributed by atoms with Crippen molar-refractivity contribution in [3.8, 4) is 16.9 Å². The molecule has 2 amide bonds. The normalized spacial score (nSPS) is 13.6. The van der Waals surface area contributed by atoms with Crippen molar-refractivity contribution in [1.29, 1.82) is 0 Å². The first kappa shape index (κ1) is 23.1. The average molecular weight is 486 g/mol. The van der Waals surface area contributed by atoms with Gasteiger partial charge < -0.3 is 15.4 Å². The largest absolute Gasteiger partial charge is 0.490 e. The van der Waals surface area contributed by atoms with Gasteiger partial charge in [-0.15, -0.1) is 11.3 Å². The molecule has 0 bridgehead atoms. The number of hydrogen-bond donors (Lipinski definition) is 2. The molecule has 178 valence electrons. The molecule has 1 aliphatic rings. The molecule has 5 rings (SSSR count). The van der Waals surface area contributed by atoms with Crippen LogP contribution in [-0.2, 0) is 16.0 Å². The molecule has 1 heterocycles. The second-order valence-corrected chi connectivity index (χ2v) is 9.82. The Labute approximate surface area is 208 Å². The van der Waals surface area contributed by atoms with Crippen LogP contribution in [0.15, 0.2) is 72.8 Å². The average Bonchev–Trinajstić information content (AvgIpc) is 3.53. The fourth-order valence-electron chi connectivity index (χ4n) is 4.26. The molecule has 35 heavy (non-hydrogen) atoms. The number of nitrogens with one attached hydrogen (secondary N) is 2. The van der Waals surface area contributed by atoms with Crippen LogP contribution >= 0.6 is 11.3 Å². The highest BCUT2D eigenvalue weighted by atomic mass is 32.1. The molecule has 0 atom stereocenters. The number of anilines is 1. The molecule has 1 aliphatic carbocycles. The Morgan fingerprint density at radius 3 is 2.46 bits per heavy atom. The summed E-state index contributed by atoms with van der Waals surface area (Å²) in [5.74, 6) is 0.303. The third-order valence-corrected chi connectivity index (χ3v) is 7.06. The summed E-state index contributed by atoms with van der Waals surface area (Å²) in [4.78, 5) is 29.3. The van der Waals surface area contributed by atoms with Gasteiger partial charge in [0, 0.05) is 5.69 Å². The van der Waals surface area contributed by atoms with Gasteiger partial charge in [0.15, 0.2) is 0 Å². The van der Waals surface area contributed by atoms with E-state index in [0.717, 1.165) is 44.9 Å². The number of ether oxygens (including phenoxy) is 1. The van der Waals surface area contributed by atoms with Crippen molar-refractivity contribution in [2.24, 2.45) is 0 Å². The number of aromatic nitrogens is 1. The van der Waals surface area contributed by atoms with Gasteiger partial charge in [-0.2, -0.15) is 0 Å². The van der Waals surface area contributed by atoms with Crippen LogP contribution in [0.2, 0.25) is 0 Å². The van der Waals surface area contributed by atoms with Gasteiger partial charge in [0.2, 0.25) is 11.8 Å². The number of thiazole rings is 1. The van der Waals surface area contributed by atoms with Crippen LogP contribution in [0.1, 0.15) is 30.7 Å². The smallest absolute Gasteiger partial charge is 0.243 e. The zero-order valence-electron chi connectivity index (χ0n) is 19.3. The number of fused-ring (bicyclic) bond motifs is 1. The van der Waals surface area contributed by atoms with Crippen LogP contribution in [0, 0.1) is 0 Å². The lowest BCUT2D eigenvalue weighted by Gasteiger charge is -2.13. The molecule has 2 N–H and O–H groups in total. The lowest BCUT2D eigenvalue weighted by molar-refractivity contribution is -0.123. The molecular formula is C28H27N3O3S. The Balaban J connectivity index is 1.11. The molecule has 0 radical (unpaired) electrons. The Bertz CT molecular complexity index is 1310. The highest BCUT2D eigenvalue weighted by Crippen LogP contribution is 2.28. The monoisotopic (exact) mass is 485 g/mol. The molecule has 1 saturated carbocycles. The third-order valence-electron chi connectivity index (χ3n) is 6.04. The Morgan fingerprint density at radius 1 is 0.914 bits per heavy atom. The molecule has 0 unspecified atom stereocenters. The summed E-state index contributed by atoms with van der Waals surface area (Å²) in [6.45, 7) is -0.0950. The van der Waals surface area contributed by atoms with Gasteiger partial charge in [-0.25, -0.2) is 4.98 Å². The Hall–Kier alpha value is -3.71. The number of nitrogens with zero attached hydrogens (tertiary/aromatic N) is 1. The lowest BCUT2D eigenvalue weighted by Crippen LogP contribution is -2.33. The van der Waals surface area contributed by atoms with E-state index in [9.17, 15) is 9.59 Å². The standard InChI is InChI=1S/C28H27N3O3S/c32-26(17-28-31-24-15-10-20(16-25(24)35-28)19-6-2-1-3-7-19)29-18-27(33)30-21-11-13-23(14-12-21)34-22-8-4-5-9-22/h1-3,6-7,10-16,22H,4-5,8-9,17-18H2,(H,29,32)(H,30,33). The van der Waals surface area contributed by atoms with Crippen LogP contribution in [-0.4, -0.2) is 29.4 Å². The molecule has 3 aromatic carbocycles. The van der Waals surface area contributed by atoms with E-state index in [2.05, 4.69) is 33.8 Å². The van der Waals surface area contributed by atoms with Crippen molar-refractivity contribution in [1.82, 2.24) is 10.3 Å². The fourth-order valence-corrected chi connectivity index (χ4v) is 5.26. The van der Waals surface area contributed by atoms with Crippen molar-refractivity contribution < 1.29 is 14.3 Å². The van der Waals surface area contributed by atoms with E-state index in [4.69, 9.17) is 4.74 Å². The maximum atomic E-state index is 12.4. The summed E-state index contributed by atoms with van der Waals surface area (Å²) < 4.78 is 6.98. The minimum absolute atomic E-state index is 0.0950. The van der Waals surface area contributed by atoms with Gasteiger partial charge in [0.1, 0.15) is 10.8 Å². The first-order valence-corrected chi connectivity index (χ1v) is 12.7. The van der Waals surface area contributed by atoms with Crippen LogP contribution in [0.3, 0.4) is 0 Å². The number of amides is 2. The molecule has 0 saturated heterocycles. The first-order valence-electron chi connectivity index (χ1n) is 11.9. The number of rotatable bonds is 8. The minimum Gasteiger partial charge on any atom is -0.490 e. The van der Waals surface area contributed by atoms with Crippen molar-refractivity contribution in [2.75, 3.05) is 11.9 Å². The second-order valence-electron chi connectivity index (χ2n) is 8.71. The van der Waals surface area contributed by atoms with Crippen molar-refractivity contribution in [3.05, 3.63) is 77.8 Å². The highest BCUT2D eigenvalue weighted by Gasteiger charge is 2.16. The van der Waals surface area contributed by atoms with Crippen molar-refractivity contribution in [2.45, 2.75) is 38.2 Å². The lowest BCUT2D eigenvalue weighted by atomic mass is 10.1. The molecule has 6 nitrogen and oxygen atoms in total. The number of carbonyl (C=O) groups is 2. The van der Waals surface area contributed by atoms with Gasteiger partial charge in [0.25, 0.3) is 0 Å². The zero-order valence-corrected chi connectivity index (χ0v) is 20.1. The first-order chi connectivity index (χ1) is 17.1. The zero-order chi connectivity index (χ0) is 24.0. The van der Waals surface area contributed by atoms with Crippen LogP contribution < -0.4 is 15.4 Å². The number of benzene rings is 3. The third kappa shape index (κ3) is 6.05. The van der Waals surface area contributed by atoms with E-state index < -0.39 is 0 Å². The van der Waals surface area contributed by atoms with Crippen LogP contribution in [0.4, 0.5) is 5.69 Å². The highest BCUT2D eigenvalue weighted by molar-refractivity contribution is 7.18. The summed E-state index contributed by atoms with van der Waals surface area (Å²) >= 11 is 1.50. The van der Waals surface area contributed by atoms with Crippen LogP contribution in [0.5, 0.6) is 5.75 Å². The topological polar surface area (TPSA) is 80.3 Å². The van der Waals surface area contributed by atoms with Crippen LogP contribution in [0.25, 0.3) is 21.3 Å². The van der Waals surface area contributed by atoms with E-state index in [0.29, 0.717) is 11.8 Å². The molecule has 1 fully saturated rings. The van der Waals surface area contributed by atoms with Crippen molar-refractivity contribution >= 4 is 39.1 Å². The quantitative estimate of drug-likeness (QED) is 0.341. The van der Waals surface area contributed by atoms with E-state index in [1.54, 1.807) is 0 Å². The SMILES string of the molecule is O=C(Cc1nc2ccc(-c3ccccc3)cc2s1)NCC(=O)Nc1ccc(OC2CCCC2)cc1. The predicted octanol–water partition coefficient (Wildman–Crippen LogP) is 5.58. The maximum Gasteiger partial charge on any atom is 0.243 e. The van der Waals surface area contributed by atoms with Gasteiger partial charge in [-0.3, -0.25) is 9.59 Å². The summed E-state index contributed by atoms with van der Waals surface area (Å²) in [7, 11) is 0. The second kappa shape index (κ2) is 10.7.